The van der Waals surface area contributed by atoms with E-state index in [0.29, 0.717) is 32.7 Å². The van der Waals surface area contributed by atoms with Gasteiger partial charge < -0.3 is 20.1 Å². The largest absolute Gasteiger partial charge is 0.385 e. The van der Waals surface area contributed by atoms with Crippen LogP contribution in [0.3, 0.4) is 0 Å². The Morgan fingerprint density at radius 3 is 2.43 bits per heavy atom. The van der Waals surface area contributed by atoms with Crippen LogP contribution in [0.15, 0.2) is 30.3 Å². The molecule has 1 unspecified atom stereocenters. The molecule has 0 bridgehead atoms. The van der Waals surface area contributed by atoms with Gasteiger partial charge in [-0.3, -0.25) is 4.79 Å². The lowest BCUT2D eigenvalue weighted by molar-refractivity contribution is -0.132. The van der Waals surface area contributed by atoms with Crippen molar-refractivity contribution in [3.63, 3.8) is 0 Å². The molecule has 0 heterocycles. The Labute approximate surface area is 127 Å². The lowest BCUT2D eigenvalue weighted by atomic mass is 10.0. The Hall–Kier alpha value is -1.43. The van der Waals surface area contributed by atoms with Crippen LogP contribution in [0, 0.1) is 0 Å². The minimum atomic E-state index is -0.272. The Morgan fingerprint density at radius 2 is 1.81 bits per heavy atom. The lowest BCUT2D eigenvalue weighted by Crippen LogP contribution is -2.36. The summed E-state index contributed by atoms with van der Waals surface area (Å²) in [6.45, 7) is 2.42. The number of nitrogens with two attached hydrogens (primary N) is 1. The molecular formula is C16H26N2O3. The van der Waals surface area contributed by atoms with Gasteiger partial charge in [-0.25, -0.2) is 0 Å². The molecule has 1 aromatic rings. The monoisotopic (exact) mass is 294 g/mol. The second-order valence-electron chi connectivity index (χ2n) is 4.94. The van der Waals surface area contributed by atoms with Crippen molar-refractivity contribution in [2.24, 2.45) is 5.73 Å². The number of nitrogens with zero attached hydrogens (tertiary/aromatic N) is 1. The van der Waals surface area contributed by atoms with Crippen molar-refractivity contribution in [2.45, 2.75) is 18.9 Å². The Kier molecular flexibility index (Phi) is 8.66. The van der Waals surface area contributed by atoms with Crippen LogP contribution in [-0.4, -0.2) is 51.3 Å². The Balaban J connectivity index is 2.53. The summed E-state index contributed by atoms with van der Waals surface area (Å²) in [5.41, 5.74) is 7.09. The highest BCUT2D eigenvalue weighted by Crippen LogP contribution is 2.14. The molecule has 1 aromatic carbocycles. The van der Waals surface area contributed by atoms with Gasteiger partial charge in [-0.05, 0) is 12.0 Å². The number of rotatable bonds is 10. The maximum absolute atomic E-state index is 12.4. The van der Waals surface area contributed by atoms with Crippen molar-refractivity contribution < 1.29 is 14.3 Å². The predicted octanol–water partition coefficient (Wildman–Crippen LogP) is 1.59. The summed E-state index contributed by atoms with van der Waals surface area (Å²) in [7, 11) is 3.29. The van der Waals surface area contributed by atoms with Crippen molar-refractivity contribution in [3.05, 3.63) is 35.9 Å². The molecule has 0 radical (unpaired) electrons. The van der Waals surface area contributed by atoms with E-state index in [-0.39, 0.29) is 11.9 Å². The molecule has 5 nitrogen and oxygen atoms in total. The van der Waals surface area contributed by atoms with Gasteiger partial charge in [-0.2, -0.15) is 0 Å². The standard InChI is InChI=1S/C16H26N2O3/c1-20-11-6-9-18(10-12-21-2)16(19)13-15(17)14-7-4-3-5-8-14/h3-5,7-8,15H,6,9-13,17H2,1-2H3. The lowest BCUT2D eigenvalue weighted by Gasteiger charge is -2.24. The molecule has 1 atom stereocenters. The third-order valence-corrected chi connectivity index (χ3v) is 3.32. The summed E-state index contributed by atoms with van der Waals surface area (Å²) < 4.78 is 10.1. The number of benzene rings is 1. The average molecular weight is 294 g/mol. The fraction of sp³-hybridized carbons (Fsp3) is 0.562. The predicted molar refractivity (Wildman–Crippen MR) is 82.9 cm³/mol. The molecule has 0 aliphatic carbocycles. The van der Waals surface area contributed by atoms with E-state index in [1.165, 1.54) is 0 Å². The summed E-state index contributed by atoms with van der Waals surface area (Å²) in [6, 6.07) is 9.42. The first-order chi connectivity index (χ1) is 10.2. The molecule has 21 heavy (non-hydrogen) atoms. The first-order valence-corrected chi connectivity index (χ1v) is 7.25. The molecule has 0 aliphatic rings. The van der Waals surface area contributed by atoms with E-state index in [1.54, 1.807) is 19.1 Å². The van der Waals surface area contributed by atoms with Crippen LogP contribution in [0.25, 0.3) is 0 Å². The van der Waals surface area contributed by atoms with Crippen molar-refractivity contribution in [3.8, 4) is 0 Å². The Morgan fingerprint density at radius 1 is 1.14 bits per heavy atom. The molecule has 0 saturated carbocycles. The van der Waals surface area contributed by atoms with Crippen LogP contribution in [0.1, 0.15) is 24.4 Å². The number of ether oxygens (including phenoxy) is 2. The molecule has 5 heteroatoms. The quantitative estimate of drug-likeness (QED) is 0.666. The zero-order chi connectivity index (χ0) is 15.5. The van der Waals surface area contributed by atoms with E-state index in [1.807, 2.05) is 30.3 Å². The highest BCUT2D eigenvalue weighted by molar-refractivity contribution is 5.77. The summed E-state index contributed by atoms with van der Waals surface area (Å²) in [5, 5.41) is 0. The second kappa shape index (κ2) is 10.3. The first kappa shape index (κ1) is 17.6. The van der Waals surface area contributed by atoms with Crippen LogP contribution in [0.4, 0.5) is 0 Å². The van der Waals surface area contributed by atoms with Gasteiger partial charge in [0.2, 0.25) is 5.91 Å². The summed E-state index contributed by atoms with van der Waals surface area (Å²) in [5.74, 6) is 0.0551. The normalized spacial score (nSPS) is 12.1. The smallest absolute Gasteiger partial charge is 0.224 e. The van der Waals surface area contributed by atoms with Gasteiger partial charge in [-0.15, -0.1) is 0 Å². The van der Waals surface area contributed by atoms with Gasteiger partial charge >= 0.3 is 0 Å². The van der Waals surface area contributed by atoms with Crippen LogP contribution in [0.5, 0.6) is 0 Å². The van der Waals surface area contributed by atoms with E-state index in [2.05, 4.69) is 0 Å². The summed E-state index contributed by atoms with van der Waals surface area (Å²) in [4.78, 5) is 14.2. The zero-order valence-corrected chi connectivity index (χ0v) is 13.0. The SMILES string of the molecule is COCCCN(CCOC)C(=O)CC(N)c1ccccc1. The molecule has 118 valence electrons. The highest BCUT2D eigenvalue weighted by Gasteiger charge is 2.17. The molecule has 0 fully saturated rings. The van der Waals surface area contributed by atoms with Crippen molar-refractivity contribution in [1.29, 1.82) is 0 Å². The molecule has 0 spiro atoms. The molecule has 1 rings (SSSR count). The van der Waals surface area contributed by atoms with Gasteiger partial charge in [0, 0.05) is 46.4 Å². The zero-order valence-electron chi connectivity index (χ0n) is 13.0. The average Bonchev–Trinajstić information content (AvgIpc) is 2.51. The third-order valence-electron chi connectivity index (χ3n) is 3.32. The number of hydrogen-bond donors (Lipinski definition) is 1. The van der Waals surface area contributed by atoms with Crippen molar-refractivity contribution in [2.75, 3.05) is 40.5 Å². The minimum absolute atomic E-state index is 0.0551. The van der Waals surface area contributed by atoms with E-state index in [0.717, 1.165) is 12.0 Å². The van der Waals surface area contributed by atoms with Gasteiger partial charge in [0.05, 0.1) is 6.61 Å². The fourth-order valence-electron chi connectivity index (χ4n) is 2.10. The molecule has 0 saturated heterocycles. The van der Waals surface area contributed by atoms with Gasteiger partial charge in [0.25, 0.3) is 0 Å². The first-order valence-electron chi connectivity index (χ1n) is 7.25. The van der Waals surface area contributed by atoms with E-state index in [4.69, 9.17) is 15.2 Å². The number of carbonyl (C=O) groups excluding carboxylic acids is 1. The van der Waals surface area contributed by atoms with Crippen LogP contribution in [0.2, 0.25) is 0 Å². The van der Waals surface area contributed by atoms with Gasteiger partial charge in [-0.1, -0.05) is 30.3 Å². The highest BCUT2D eigenvalue weighted by atomic mass is 16.5. The maximum atomic E-state index is 12.4. The van der Waals surface area contributed by atoms with Crippen molar-refractivity contribution >= 4 is 5.91 Å². The molecule has 2 N–H and O–H groups in total. The second-order valence-corrected chi connectivity index (χ2v) is 4.94. The third kappa shape index (κ3) is 6.71. The molecule has 0 aliphatic heterocycles. The van der Waals surface area contributed by atoms with Crippen molar-refractivity contribution in [1.82, 2.24) is 4.90 Å². The van der Waals surface area contributed by atoms with Crippen LogP contribution >= 0.6 is 0 Å². The number of carbonyl (C=O) groups is 1. The van der Waals surface area contributed by atoms with E-state index in [9.17, 15) is 4.79 Å². The van der Waals surface area contributed by atoms with Crippen LogP contribution < -0.4 is 5.73 Å². The van der Waals surface area contributed by atoms with E-state index < -0.39 is 0 Å². The topological polar surface area (TPSA) is 64.8 Å². The fourth-order valence-corrected chi connectivity index (χ4v) is 2.10. The maximum Gasteiger partial charge on any atom is 0.224 e. The van der Waals surface area contributed by atoms with Crippen LogP contribution in [-0.2, 0) is 14.3 Å². The van der Waals surface area contributed by atoms with Gasteiger partial charge in [0.15, 0.2) is 0 Å². The molecular weight excluding hydrogens is 268 g/mol. The Bertz CT molecular complexity index is 398. The summed E-state index contributed by atoms with van der Waals surface area (Å²) in [6.07, 6.45) is 1.12. The number of amides is 1. The number of methoxy groups -OCH3 is 2. The van der Waals surface area contributed by atoms with E-state index >= 15 is 0 Å². The van der Waals surface area contributed by atoms with Gasteiger partial charge in [0.1, 0.15) is 0 Å². The number of hydrogen-bond acceptors (Lipinski definition) is 4. The summed E-state index contributed by atoms with van der Waals surface area (Å²) >= 11 is 0. The molecule has 1 amide bonds. The molecule has 0 aromatic heterocycles. The minimum Gasteiger partial charge on any atom is -0.385 e.